The van der Waals surface area contributed by atoms with Gasteiger partial charge in [0.2, 0.25) is 0 Å². The van der Waals surface area contributed by atoms with Crippen LogP contribution in [0.1, 0.15) is 42.3 Å². The van der Waals surface area contributed by atoms with Crippen LogP contribution in [0.4, 0.5) is 0 Å². The van der Waals surface area contributed by atoms with Gasteiger partial charge in [-0.2, -0.15) is 0 Å². The van der Waals surface area contributed by atoms with Gasteiger partial charge in [-0.1, -0.05) is 44.4 Å². The third-order valence-electron chi connectivity index (χ3n) is 2.97. The summed E-state index contributed by atoms with van der Waals surface area (Å²) < 4.78 is 1.17. The molecule has 0 aliphatic heterocycles. The smallest absolute Gasteiger partial charge is 0.261 e. The van der Waals surface area contributed by atoms with Crippen molar-refractivity contribution in [1.82, 2.24) is 5.32 Å². The van der Waals surface area contributed by atoms with Gasteiger partial charge >= 0.3 is 0 Å². The van der Waals surface area contributed by atoms with Crippen molar-refractivity contribution in [3.63, 3.8) is 0 Å². The van der Waals surface area contributed by atoms with Crippen LogP contribution >= 0.6 is 11.3 Å². The molecular weight excluding hydrogens is 242 g/mol. The highest BCUT2D eigenvalue weighted by Gasteiger charge is 2.08. The highest BCUT2D eigenvalue weighted by atomic mass is 32.1. The van der Waals surface area contributed by atoms with Crippen molar-refractivity contribution in [3.05, 3.63) is 35.2 Å². The molecule has 0 fully saturated rings. The Labute approximate surface area is 112 Å². The van der Waals surface area contributed by atoms with Crippen molar-refractivity contribution < 1.29 is 4.79 Å². The molecule has 0 bridgehead atoms. The fourth-order valence-corrected chi connectivity index (χ4v) is 2.91. The highest BCUT2D eigenvalue weighted by Crippen LogP contribution is 2.24. The van der Waals surface area contributed by atoms with Crippen LogP contribution in [-0.2, 0) is 0 Å². The first kappa shape index (κ1) is 13.1. The number of rotatable bonds is 6. The molecule has 1 aromatic heterocycles. The number of hydrogen-bond acceptors (Lipinski definition) is 2. The first-order chi connectivity index (χ1) is 8.81. The Bertz CT molecular complexity index is 485. The molecule has 1 N–H and O–H groups in total. The summed E-state index contributed by atoms with van der Waals surface area (Å²) in [5, 5.41) is 4.14. The monoisotopic (exact) mass is 261 g/mol. The van der Waals surface area contributed by atoms with Gasteiger partial charge in [0, 0.05) is 11.2 Å². The molecule has 0 unspecified atom stereocenters. The van der Waals surface area contributed by atoms with Gasteiger partial charge in [-0.05, 0) is 23.9 Å². The van der Waals surface area contributed by atoms with E-state index in [1.54, 1.807) is 11.3 Å². The number of thiophene rings is 1. The van der Waals surface area contributed by atoms with Crippen molar-refractivity contribution >= 4 is 27.3 Å². The molecule has 0 spiro atoms. The maximum Gasteiger partial charge on any atom is 0.261 e. The molecule has 3 heteroatoms. The van der Waals surface area contributed by atoms with Gasteiger partial charge in [0.25, 0.3) is 5.91 Å². The number of amides is 1. The molecule has 0 saturated carbocycles. The minimum atomic E-state index is 0.0627. The lowest BCUT2D eigenvalue weighted by Crippen LogP contribution is -2.23. The molecule has 1 heterocycles. The van der Waals surface area contributed by atoms with Crippen LogP contribution in [0.25, 0.3) is 10.1 Å². The van der Waals surface area contributed by atoms with Gasteiger partial charge < -0.3 is 5.32 Å². The molecule has 0 aliphatic carbocycles. The first-order valence-electron chi connectivity index (χ1n) is 6.58. The van der Waals surface area contributed by atoms with Crippen molar-refractivity contribution in [2.75, 3.05) is 6.54 Å². The molecule has 1 amide bonds. The SMILES string of the molecule is CCCCCCNC(=O)c1cc2ccccc2s1. The molecule has 0 aliphatic rings. The van der Waals surface area contributed by atoms with Crippen LogP contribution in [0, 0.1) is 0 Å². The van der Waals surface area contributed by atoms with Gasteiger partial charge in [-0.25, -0.2) is 0 Å². The van der Waals surface area contributed by atoms with E-state index in [1.807, 2.05) is 24.3 Å². The van der Waals surface area contributed by atoms with E-state index in [9.17, 15) is 4.79 Å². The van der Waals surface area contributed by atoms with E-state index < -0.39 is 0 Å². The second-order valence-electron chi connectivity index (χ2n) is 4.47. The van der Waals surface area contributed by atoms with Gasteiger partial charge in [0.05, 0.1) is 4.88 Å². The number of carbonyl (C=O) groups is 1. The van der Waals surface area contributed by atoms with Crippen LogP contribution in [0.2, 0.25) is 0 Å². The molecule has 0 saturated heterocycles. The number of fused-ring (bicyclic) bond motifs is 1. The van der Waals surface area contributed by atoms with E-state index in [1.165, 1.54) is 24.0 Å². The Morgan fingerprint density at radius 1 is 1.22 bits per heavy atom. The third-order valence-corrected chi connectivity index (χ3v) is 4.08. The van der Waals surface area contributed by atoms with E-state index in [0.717, 1.165) is 23.2 Å². The maximum absolute atomic E-state index is 11.9. The fraction of sp³-hybridized carbons (Fsp3) is 0.400. The van der Waals surface area contributed by atoms with E-state index in [-0.39, 0.29) is 5.91 Å². The van der Waals surface area contributed by atoms with Gasteiger partial charge in [-0.15, -0.1) is 11.3 Å². The predicted molar refractivity (Wildman–Crippen MR) is 78.3 cm³/mol. The Kier molecular flexibility index (Phi) is 4.76. The lowest BCUT2D eigenvalue weighted by Gasteiger charge is -2.02. The Balaban J connectivity index is 1.88. The van der Waals surface area contributed by atoms with Crippen molar-refractivity contribution in [2.24, 2.45) is 0 Å². The average molecular weight is 261 g/mol. The van der Waals surface area contributed by atoms with Crippen LogP contribution in [0.5, 0.6) is 0 Å². The zero-order chi connectivity index (χ0) is 12.8. The summed E-state index contributed by atoms with van der Waals surface area (Å²) in [7, 11) is 0. The fourth-order valence-electron chi connectivity index (χ4n) is 1.93. The van der Waals surface area contributed by atoms with E-state index in [0.29, 0.717) is 0 Å². The number of unbranched alkanes of at least 4 members (excludes halogenated alkanes) is 3. The molecule has 18 heavy (non-hydrogen) atoms. The zero-order valence-electron chi connectivity index (χ0n) is 10.7. The summed E-state index contributed by atoms with van der Waals surface area (Å²) in [6, 6.07) is 10.1. The van der Waals surface area contributed by atoms with E-state index in [2.05, 4.69) is 18.3 Å². The standard InChI is InChI=1S/C15H19NOS/c1-2-3-4-7-10-16-15(17)14-11-12-8-5-6-9-13(12)18-14/h5-6,8-9,11H,2-4,7,10H2,1H3,(H,16,17). The van der Waals surface area contributed by atoms with E-state index in [4.69, 9.17) is 0 Å². The molecule has 2 aromatic rings. The average Bonchev–Trinajstić information content (AvgIpc) is 2.82. The zero-order valence-corrected chi connectivity index (χ0v) is 11.6. The normalized spacial score (nSPS) is 10.7. The highest BCUT2D eigenvalue weighted by molar-refractivity contribution is 7.20. The minimum absolute atomic E-state index is 0.0627. The molecule has 2 rings (SSSR count). The van der Waals surface area contributed by atoms with E-state index >= 15 is 0 Å². The lowest BCUT2D eigenvalue weighted by molar-refractivity contribution is 0.0957. The topological polar surface area (TPSA) is 29.1 Å². The number of benzene rings is 1. The Morgan fingerprint density at radius 2 is 2.06 bits per heavy atom. The molecule has 1 aromatic carbocycles. The molecular formula is C15H19NOS. The summed E-state index contributed by atoms with van der Waals surface area (Å²) in [6.45, 7) is 2.98. The largest absolute Gasteiger partial charge is 0.351 e. The predicted octanol–water partition coefficient (Wildman–Crippen LogP) is 4.21. The Hall–Kier alpha value is -1.35. The van der Waals surface area contributed by atoms with Crippen molar-refractivity contribution in [1.29, 1.82) is 0 Å². The Morgan fingerprint density at radius 3 is 2.83 bits per heavy atom. The number of nitrogens with one attached hydrogen (secondary N) is 1. The maximum atomic E-state index is 11.9. The van der Waals surface area contributed by atoms with Gasteiger partial charge in [-0.3, -0.25) is 4.79 Å². The second kappa shape index (κ2) is 6.55. The first-order valence-corrected chi connectivity index (χ1v) is 7.39. The lowest BCUT2D eigenvalue weighted by atomic mass is 10.2. The van der Waals surface area contributed by atoms with Crippen LogP contribution in [0.3, 0.4) is 0 Å². The second-order valence-corrected chi connectivity index (χ2v) is 5.55. The van der Waals surface area contributed by atoms with Crippen molar-refractivity contribution in [3.8, 4) is 0 Å². The van der Waals surface area contributed by atoms with Gasteiger partial charge in [0.1, 0.15) is 0 Å². The van der Waals surface area contributed by atoms with Crippen molar-refractivity contribution in [2.45, 2.75) is 32.6 Å². The van der Waals surface area contributed by atoms with Crippen LogP contribution in [-0.4, -0.2) is 12.5 Å². The molecule has 2 nitrogen and oxygen atoms in total. The summed E-state index contributed by atoms with van der Waals surface area (Å²) in [4.78, 5) is 12.8. The molecule has 96 valence electrons. The summed E-state index contributed by atoms with van der Waals surface area (Å²) in [6.07, 6.45) is 4.75. The summed E-state index contributed by atoms with van der Waals surface area (Å²) >= 11 is 1.56. The minimum Gasteiger partial charge on any atom is -0.351 e. The van der Waals surface area contributed by atoms with Gasteiger partial charge in [0.15, 0.2) is 0 Å². The summed E-state index contributed by atoms with van der Waals surface area (Å²) in [5.41, 5.74) is 0. The molecule has 0 radical (unpaired) electrons. The van der Waals surface area contributed by atoms with Crippen LogP contribution in [0.15, 0.2) is 30.3 Å². The number of carbonyl (C=O) groups excluding carboxylic acids is 1. The third kappa shape index (κ3) is 3.33. The quantitative estimate of drug-likeness (QED) is 0.775. The van der Waals surface area contributed by atoms with Crippen LogP contribution < -0.4 is 5.32 Å². The molecule has 0 atom stereocenters. The summed E-state index contributed by atoms with van der Waals surface area (Å²) in [5.74, 6) is 0.0627. The number of hydrogen-bond donors (Lipinski definition) is 1.